The van der Waals surface area contributed by atoms with Crippen molar-refractivity contribution in [1.29, 1.82) is 0 Å². The van der Waals surface area contributed by atoms with Gasteiger partial charge in [0.1, 0.15) is 11.9 Å². The van der Waals surface area contributed by atoms with Crippen LogP contribution in [0.4, 0.5) is 4.39 Å². The highest BCUT2D eigenvalue weighted by molar-refractivity contribution is 5.96. The largest absolute Gasteiger partial charge is 0.334 e. The number of carbonyl (C=O) groups excluding carboxylic acids is 1. The van der Waals surface area contributed by atoms with Crippen LogP contribution in [-0.4, -0.2) is 40.0 Å². The molecule has 1 N–H and O–H groups in total. The highest BCUT2D eigenvalue weighted by atomic mass is 19.1. The molecule has 1 aliphatic rings. The summed E-state index contributed by atoms with van der Waals surface area (Å²) >= 11 is 0. The molecule has 1 aliphatic heterocycles. The van der Waals surface area contributed by atoms with E-state index in [1.807, 2.05) is 0 Å². The van der Waals surface area contributed by atoms with Crippen molar-refractivity contribution in [2.24, 2.45) is 0 Å². The van der Waals surface area contributed by atoms with Crippen molar-refractivity contribution in [3.05, 3.63) is 40.6 Å². The van der Waals surface area contributed by atoms with E-state index in [-0.39, 0.29) is 23.7 Å². The first-order valence-electron chi connectivity index (χ1n) is 6.05. The molecule has 0 aliphatic carbocycles. The van der Waals surface area contributed by atoms with Gasteiger partial charge >= 0.3 is 0 Å². The maximum absolute atomic E-state index is 13.1. The van der Waals surface area contributed by atoms with E-state index in [0.717, 1.165) is 0 Å². The van der Waals surface area contributed by atoms with E-state index in [2.05, 4.69) is 9.97 Å². The van der Waals surface area contributed by atoms with Gasteiger partial charge in [-0.15, -0.1) is 0 Å². The van der Waals surface area contributed by atoms with E-state index in [4.69, 9.17) is 0 Å². The number of aromatic amines is 1. The molecule has 0 unspecified atom stereocenters. The third kappa shape index (κ3) is 2.09. The molecular formula is C13H12FN3O2. The number of rotatable bonds is 1. The summed E-state index contributed by atoms with van der Waals surface area (Å²) in [6.07, 6.45) is 2.40. The monoisotopic (exact) mass is 261 g/mol. The SMILES string of the molecule is O=C(c1cc2ccncc2c(=O)[nH]1)N1CC[C@@H](F)C1. The number of hydrogen-bond acceptors (Lipinski definition) is 3. The van der Waals surface area contributed by atoms with Gasteiger partial charge in [-0.25, -0.2) is 4.39 Å². The maximum atomic E-state index is 13.1. The van der Waals surface area contributed by atoms with Crippen molar-refractivity contribution in [2.45, 2.75) is 12.6 Å². The van der Waals surface area contributed by atoms with Gasteiger partial charge in [-0.2, -0.15) is 0 Å². The van der Waals surface area contributed by atoms with E-state index in [1.165, 1.54) is 11.1 Å². The molecule has 98 valence electrons. The molecule has 1 amide bonds. The van der Waals surface area contributed by atoms with Gasteiger partial charge in [-0.05, 0) is 23.9 Å². The van der Waals surface area contributed by atoms with Crippen LogP contribution in [-0.2, 0) is 0 Å². The number of H-pyrrole nitrogens is 1. The lowest BCUT2D eigenvalue weighted by atomic mass is 10.2. The number of halogens is 1. The van der Waals surface area contributed by atoms with Crippen LogP contribution in [0.2, 0.25) is 0 Å². The molecule has 5 nitrogen and oxygen atoms in total. The molecule has 0 bridgehead atoms. The third-order valence-electron chi connectivity index (χ3n) is 3.30. The van der Waals surface area contributed by atoms with Crippen LogP contribution in [0.5, 0.6) is 0 Å². The molecule has 0 radical (unpaired) electrons. The predicted molar refractivity (Wildman–Crippen MR) is 67.8 cm³/mol. The molecule has 2 aromatic heterocycles. The van der Waals surface area contributed by atoms with Crippen LogP contribution in [0.1, 0.15) is 16.9 Å². The molecule has 1 fully saturated rings. The molecule has 0 aromatic carbocycles. The molecule has 6 heteroatoms. The smallest absolute Gasteiger partial charge is 0.270 e. The highest BCUT2D eigenvalue weighted by Gasteiger charge is 2.27. The predicted octanol–water partition coefficient (Wildman–Crippen LogP) is 1.11. The second-order valence-electron chi connectivity index (χ2n) is 4.61. The molecule has 1 saturated heterocycles. The number of amides is 1. The number of carbonyl (C=O) groups is 1. The first-order valence-corrected chi connectivity index (χ1v) is 6.05. The summed E-state index contributed by atoms with van der Waals surface area (Å²) < 4.78 is 13.1. The van der Waals surface area contributed by atoms with E-state index in [9.17, 15) is 14.0 Å². The zero-order valence-electron chi connectivity index (χ0n) is 10.1. The molecular weight excluding hydrogens is 249 g/mol. The quantitative estimate of drug-likeness (QED) is 0.836. The topological polar surface area (TPSA) is 66.1 Å². The fourth-order valence-corrected chi connectivity index (χ4v) is 2.29. The summed E-state index contributed by atoms with van der Waals surface area (Å²) in [4.78, 5) is 31.8. The van der Waals surface area contributed by atoms with Crippen LogP contribution in [0.25, 0.3) is 10.8 Å². The lowest BCUT2D eigenvalue weighted by Crippen LogP contribution is -2.31. The minimum absolute atomic E-state index is 0.0925. The van der Waals surface area contributed by atoms with Crippen LogP contribution in [0, 0.1) is 0 Å². The van der Waals surface area contributed by atoms with E-state index >= 15 is 0 Å². The van der Waals surface area contributed by atoms with Gasteiger partial charge in [0.05, 0.1) is 11.9 Å². The van der Waals surface area contributed by atoms with Crippen molar-refractivity contribution in [2.75, 3.05) is 13.1 Å². The molecule has 2 aromatic rings. The van der Waals surface area contributed by atoms with E-state index in [0.29, 0.717) is 23.7 Å². The van der Waals surface area contributed by atoms with Gasteiger partial charge in [-0.3, -0.25) is 14.6 Å². The molecule has 1 atom stereocenters. The number of alkyl halides is 1. The normalized spacial score (nSPS) is 19.0. The number of nitrogens with zero attached hydrogens (tertiary/aromatic N) is 2. The van der Waals surface area contributed by atoms with Gasteiger partial charge in [0.25, 0.3) is 11.5 Å². The van der Waals surface area contributed by atoms with Crippen molar-refractivity contribution >= 4 is 16.7 Å². The second-order valence-corrected chi connectivity index (χ2v) is 4.61. The zero-order valence-corrected chi connectivity index (χ0v) is 10.1. The van der Waals surface area contributed by atoms with Crippen molar-refractivity contribution in [3.63, 3.8) is 0 Å². The molecule has 0 saturated carbocycles. The lowest BCUT2D eigenvalue weighted by molar-refractivity contribution is 0.0777. The number of hydrogen-bond donors (Lipinski definition) is 1. The van der Waals surface area contributed by atoms with Gasteiger partial charge in [-0.1, -0.05) is 0 Å². The van der Waals surface area contributed by atoms with Gasteiger partial charge in [0.2, 0.25) is 0 Å². The Bertz CT molecular complexity index is 698. The lowest BCUT2D eigenvalue weighted by Gasteiger charge is -2.15. The molecule has 0 spiro atoms. The Morgan fingerprint density at radius 3 is 3.11 bits per heavy atom. The number of pyridine rings is 2. The first-order chi connectivity index (χ1) is 9.15. The molecule has 3 rings (SSSR count). The molecule has 19 heavy (non-hydrogen) atoms. The summed E-state index contributed by atoms with van der Waals surface area (Å²) in [6, 6.07) is 3.27. The number of likely N-dealkylation sites (tertiary alicyclic amines) is 1. The minimum Gasteiger partial charge on any atom is -0.334 e. The Morgan fingerprint density at radius 1 is 1.53 bits per heavy atom. The van der Waals surface area contributed by atoms with E-state index < -0.39 is 6.17 Å². The van der Waals surface area contributed by atoms with Crippen molar-refractivity contribution in [1.82, 2.24) is 14.9 Å². The summed E-state index contributed by atoms with van der Waals surface area (Å²) in [6.45, 7) is 0.478. The summed E-state index contributed by atoms with van der Waals surface area (Å²) in [5, 5.41) is 1.09. The Hall–Kier alpha value is -2.24. The van der Waals surface area contributed by atoms with Gasteiger partial charge in [0.15, 0.2) is 0 Å². The Kier molecular flexibility index (Phi) is 2.77. The molecule has 3 heterocycles. The summed E-state index contributed by atoms with van der Waals surface area (Å²) in [5.41, 5.74) is -0.164. The minimum atomic E-state index is -0.972. The fourth-order valence-electron chi connectivity index (χ4n) is 2.29. The second kappa shape index (κ2) is 4.46. The standard InChI is InChI=1S/C13H12FN3O2/c14-9-2-4-17(7-9)13(19)11-5-8-1-3-15-6-10(8)12(18)16-11/h1,3,5-6,9H,2,4,7H2,(H,16,18)/t9-/m1/s1. The highest BCUT2D eigenvalue weighted by Crippen LogP contribution is 2.16. The van der Waals surface area contributed by atoms with E-state index in [1.54, 1.807) is 18.3 Å². The Balaban J connectivity index is 2.01. The van der Waals surface area contributed by atoms with Gasteiger partial charge < -0.3 is 9.88 Å². The Morgan fingerprint density at radius 2 is 2.37 bits per heavy atom. The number of aromatic nitrogens is 2. The van der Waals surface area contributed by atoms with Crippen LogP contribution >= 0.6 is 0 Å². The third-order valence-corrected chi connectivity index (χ3v) is 3.30. The van der Waals surface area contributed by atoms with Crippen molar-refractivity contribution in [3.8, 4) is 0 Å². The van der Waals surface area contributed by atoms with Crippen LogP contribution < -0.4 is 5.56 Å². The van der Waals surface area contributed by atoms with Gasteiger partial charge in [0, 0.05) is 18.9 Å². The number of nitrogens with one attached hydrogen (secondary N) is 1. The zero-order chi connectivity index (χ0) is 13.4. The van der Waals surface area contributed by atoms with Crippen LogP contribution in [0.3, 0.4) is 0 Å². The summed E-state index contributed by atoms with van der Waals surface area (Å²) in [7, 11) is 0. The number of fused-ring (bicyclic) bond motifs is 1. The average Bonchev–Trinajstić information content (AvgIpc) is 2.84. The average molecular weight is 261 g/mol. The van der Waals surface area contributed by atoms with Crippen LogP contribution in [0.15, 0.2) is 29.3 Å². The Labute approximate surface area is 108 Å². The fraction of sp³-hybridized carbons (Fsp3) is 0.308. The van der Waals surface area contributed by atoms with Crippen molar-refractivity contribution < 1.29 is 9.18 Å². The summed E-state index contributed by atoms with van der Waals surface area (Å²) in [5.74, 6) is -0.337. The first kappa shape index (κ1) is 11.8. The maximum Gasteiger partial charge on any atom is 0.270 e.